The molecule has 0 saturated carbocycles. The molecule has 3 rings (SSSR count). The van der Waals surface area contributed by atoms with E-state index in [-0.39, 0.29) is 18.0 Å². The number of halogens is 1. The van der Waals surface area contributed by atoms with Crippen LogP contribution >= 0.6 is 0 Å². The number of nitrogens with zero attached hydrogens (tertiary/aromatic N) is 3. The minimum absolute atomic E-state index is 0.0997. The van der Waals surface area contributed by atoms with E-state index in [1.165, 1.54) is 6.07 Å². The zero-order chi connectivity index (χ0) is 17.1. The lowest BCUT2D eigenvalue weighted by Gasteiger charge is -2.30. The maximum absolute atomic E-state index is 13.7. The number of ether oxygens (including phenoxy) is 1. The Morgan fingerprint density at radius 1 is 1.46 bits per heavy atom. The first-order chi connectivity index (χ1) is 11.5. The molecule has 1 saturated heterocycles. The molecule has 1 aliphatic rings. The SMILES string of the molecule is Cc1ccc(-c2noc(C(C)NCC3CN(C)CCO3)n2)cc1F. The predicted octanol–water partition coefficient (Wildman–Crippen LogP) is 2.17. The van der Waals surface area contributed by atoms with Gasteiger partial charge in [-0.1, -0.05) is 17.3 Å². The molecule has 0 spiro atoms. The van der Waals surface area contributed by atoms with Crippen LogP contribution in [-0.4, -0.2) is 54.4 Å². The number of nitrogens with one attached hydrogen (secondary N) is 1. The van der Waals surface area contributed by atoms with Crippen LogP contribution in [0.5, 0.6) is 0 Å². The molecule has 0 bridgehead atoms. The Bertz CT molecular complexity index is 691. The normalized spacial score (nSPS) is 20.2. The highest BCUT2D eigenvalue weighted by Gasteiger charge is 2.20. The van der Waals surface area contributed by atoms with Crippen molar-refractivity contribution in [2.24, 2.45) is 0 Å². The Hall–Kier alpha value is -1.83. The van der Waals surface area contributed by atoms with Gasteiger partial charge in [-0.25, -0.2) is 4.39 Å². The van der Waals surface area contributed by atoms with E-state index >= 15 is 0 Å². The van der Waals surface area contributed by atoms with Gasteiger partial charge in [-0.2, -0.15) is 4.98 Å². The maximum atomic E-state index is 13.7. The lowest BCUT2D eigenvalue weighted by Crippen LogP contribution is -2.45. The Balaban J connectivity index is 1.61. The maximum Gasteiger partial charge on any atom is 0.243 e. The Morgan fingerprint density at radius 3 is 3.04 bits per heavy atom. The molecule has 6 nitrogen and oxygen atoms in total. The molecule has 2 heterocycles. The molecular formula is C17H23FN4O2. The van der Waals surface area contributed by atoms with Crippen LogP contribution in [0, 0.1) is 12.7 Å². The first kappa shape index (κ1) is 17.0. The molecule has 0 amide bonds. The van der Waals surface area contributed by atoms with Gasteiger partial charge >= 0.3 is 0 Å². The van der Waals surface area contributed by atoms with Gasteiger partial charge in [0.05, 0.1) is 18.8 Å². The van der Waals surface area contributed by atoms with Gasteiger partial charge in [-0.3, -0.25) is 0 Å². The van der Waals surface area contributed by atoms with Crippen LogP contribution in [0.2, 0.25) is 0 Å². The highest BCUT2D eigenvalue weighted by Crippen LogP contribution is 2.21. The summed E-state index contributed by atoms with van der Waals surface area (Å²) in [6, 6.07) is 4.82. The number of morpholine rings is 1. The summed E-state index contributed by atoms with van der Waals surface area (Å²) >= 11 is 0. The molecule has 2 atom stereocenters. The topological polar surface area (TPSA) is 63.4 Å². The molecule has 1 N–H and O–H groups in total. The minimum atomic E-state index is -0.274. The number of hydrogen-bond acceptors (Lipinski definition) is 6. The van der Waals surface area contributed by atoms with Crippen LogP contribution in [0.1, 0.15) is 24.4 Å². The van der Waals surface area contributed by atoms with Crippen LogP contribution in [-0.2, 0) is 4.74 Å². The second-order valence-electron chi connectivity index (χ2n) is 6.31. The molecule has 1 fully saturated rings. The fraction of sp³-hybridized carbons (Fsp3) is 0.529. The molecule has 24 heavy (non-hydrogen) atoms. The standard InChI is InChI=1S/C17H23FN4O2/c1-11-4-5-13(8-15(11)18)16-20-17(24-21-16)12(2)19-9-14-10-22(3)6-7-23-14/h4-5,8,12,14,19H,6-7,9-10H2,1-3H3. The highest BCUT2D eigenvalue weighted by molar-refractivity contribution is 5.54. The Kier molecular flexibility index (Phi) is 5.23. The number of likely N-dealkylation sites (N-methyl/N-ethyl adjacent to an activating group) is 1. The molecule has 2 aromatic rings. The molecular weight excluding hydrogens is 311 g/mol. The molecule has 1 aromatic heterocycles. The van der Waals surface area contributed by atoms with Crippen LogP contribution in [0.4, 0.5) is 4.39 Å². The van der Waals surface area contributed by atoms with Crippen molar-refractivity contribution in [3.05, 3.63) is 35.5 Å². The summed E-state index contributed by atoms with van der Waals surface area (Å²) in [5.74, 6) is 0.602. The summed E-state index contributed by atoms with van der Waals surface area (Å²) in [7, 11) is 2.09. The lowest BCUT2D eigenvalue weighted by atomic mass is 10.1. The van der Waals surface area contributed by atoms with Crippen LogP contribution in [0.3, 0.4) is 0 Å². The van der Waals surface area contributed by atoms with Crippen molar-refractivity contribution in [3.8, 4) is 11.4 Å². The molecule has 0 radical (unpaired) electrons. The summed E-state index contributed by atoms with van der Waals surface area (Å²) < 4.78 is 24.7. The van der Waals surface area contributed by atoms with Gasteiger partial charge in [0.25, 0.3) is 0 Å². The van der Waals surface area contributed by atoms with E-state index in [9.17, 15) is 4.39 Å². The molecule has 1 aliphatic heterocycles. The van der Waals surface area contributed by atoms with Crippen LogP contribution in [0.15, 0.2) is 22.7 Å². The number of aromatic nitrogens is 2. The van der Waals surface area contributed by atoms with Gasteiger partial charge in [0.2, 0.25) is 11.7 Å². The van der Waals surface area contributed by atoms with Crippen molar-refractivity contribution < 1.29 is 13.7 Å². The molecule has 2 unspecified atom stereocenters. The van der Waals surface area contributed by atoms with Gasteiger partial charge in [-0.15, -0.1) is 0 Å². The van der Waals surface area contributed by atoms with Gasteiger partial charge in [-0.05, 0) is 32.5 Å². The number of benzene rings is 1. The van der Waals surface area contributed by atoms with E-state index < -0.39 is 0 Å². The first-order valence-corrected chi connectivity index (χ1v) is 8.16. The summed E-state index contributed by atoms with van der Waals surface area (Å²) in [5.41, 5.74) is 1.20. The molecule has 130 valence electrons. The molecule has 7 heteroatoms. The van der Waals surface area contributed by atoms with Crippen molar-refractivity contribution in [3.63, 3.8) is 0 Å². The fourth-order valence-corrected chi connectivity index (χ4v) is 2.65. The number of aryl methyl sites for hydroxylation is 1. The molecule has 0 aliphatic carbocycles. The summed E-state index contributed by atoms with van der Waals surface area (Å²) in [6.45, 7) is 7.00. The van der Waals surface area contributed by atoms with E-state index in [1.807, 2.05) is 6.92 Å². The third-order valence-electron chi connectivity index (χ3n) is 4.24. The van der Waals surface area contributed by atoms with E-state index in [1.54, 1.807) is 19.1 Å². The Morgan fingerprint density at radius 2 is 2.29 bits per heavy atom. The fourth-order valence-electron chi connectivity index (χ4n) is 2.65. The van der Waals surface area contributed by atoms with Gasteiger partial charge in [0.1, 0.15) is 5.82 Å². The van der Waals surface area contributed by atoms with Crippen molar-refractivity contribution >= 4 is 0 Å². The third-order valence-corrected chi connectivity index (χ3v) is 4.24. The van der Waals surface area contributed by atoms with Crippen molar-refractivity contribution in [1.82, 2.24) is 20.4 Å². The molecule has 1 aromatic carbocycles. The zero-order valence-electron chi connectivity index (χ0n) is 14.3. The zero-order valence-corrected chi connectivity index (χ0v) is 14.3. The smallest absolute Gasteiger partial charge is 0.243 e. The summed E-state index contributed by atoms with van der Waals surface area (Å²) in [5, 5.41) is 7.31. The van der Waals surface area contributed by atoms with Crippen LogP contribution in [0.25, 0.3) is 11.4 Å². The summed E-state index contributed by atoms with van der Waals surface area (Å²) in [6.07, 6.45) is 0.153. The van der Waals surface area contributed by atoms with Gasteiger partial charge in [0, 0.05) is 25.2 Å². The van der Waals surface area contributed by atoms with E-state index in [0.717, 1.165) is 19.7 Å². The average molecular weight is 334 g/mol. The van der Waals surface area contributed by atoms with E-state index in [4.69, 9.17) is 9.26 Å². The van der Waals surface area contributed by atoms with E-state index in [0.29, 0.717) is 29.4 Å². The van der Waals surface area contributed by atoms with Crippen molar-refractivity contribution in [1.29, 1.82) is 0 Å². The van der Waals surface area contributed by atoms with E-state index in [2.05, 4.69) is 27.4 Å². The highest BCUT2D eigenvalue weighted by atomic mass is 19.1. The first-order valence-electron chi connectivity index (χ1n) is 8.16. The largest absolute Gasteiger partial charge is 0.374 e. The number of rotatable bonds is 5. The van der Waals surface area contributed by atoms with Crippen molar-refractivity contribution in [2.45, 2.75) is 26.0 Å². The van der Waals surface area contributed by atoms with Crippen LogP contribution < -0.4 is 5.32 Å². The van der Waals surface area contributed by atoms with Gasteiger partial charge in [0.15, 0.2) is 0 Å². The Labute approximate surface area is 141 Å². The van der Waals surface area contributed by atoms with Crippen molar-refractivity contribution in [2.75, 3.05) is 33.3 Å². The monoisotopic (exact) mass is 334 g/mol. The predicted molar refractivity (Wildman–Crippen MR) is 88.1 cm³/mol. The third kappa shape index (κ3) is 3.98. The quantitative estimate of drug-likeness (QED) is 0.904. The lowest BCUT2D eigenvalue weighted by molar-refractivity contribution is -0.0194. The minimum Gasteiger partial charge on any atom is -0.374 e. The summed E-state index contributed by atoms with van der Waals surface area (Å²) in [4.78, 5) is 6.62. The second-order valence-corrected chi connectivity index (χ2v) is 6.31. The van der Waals surface area contributed by atoms with Gasteiger partial charge < -0.3 is 19.5 Å². The average Bonchev–Trinajstić information content (AvgIpc) is 3.05. The second kappa shape index (κ2) is 7.38. The number of hydrogen-bond donors (Lipinski definition) is 1.